The highest BCUT2D eigenvalue weighted by Crippen LogP contribution is 2.17. The summed E-state index contributed by atoms with van der Waals surface area (Å²) in [6.45, 7) is 7.52. The van der Waals surface area contributed by atoms with E-state index in [1.165, 1.54) is 0 Å². The van der Waals surface area contributed by atoms with Crippen molar-refractivity contribution in [1.29, 1.82) is 0 Å². The Morgan fingerprint density at radius 3 is 2.56 bits per heavy atom. The number of amides is 2. The van der Waals surface area contributed by atoms with E-state index in [9.17, 15) is 4.79 Å². The maximum absolute atomic E-state index is 12.1. The summed E-state index contributed by atoms with van der Waals surface area (Å²) in [5, 5.41) is 0. The highest BCUT2D eigenvalue weighted by Gasteiger charge is 2.23. The maximum atomic E-state index is 12.1. The Kier molecular flexibility index (Phi) is 5.06. The summed E-state index contributed by atoms with van der Waals surface area (Å²) in [5.41, 5.74) is 5.57. The summed E-state index contributed by atoms with van der Waals surface area (Å²) >= 11 is 0. The quantitative estimate of drug-likeness (QED) is 0.791. The van der Waals surface area contributed by atoms with Crippen molar-refractivity contribution >= 4 is 6.03 Å². The summed E-state index contributed by atoms with van der Waals surface area (Å²) in [5.74, 6) is 1.13. The van der Waals surface area contributed by atoms with Crippen LogP contribution in [-0.4, -0.2) is 49.1 Å². The largest absolute Gasteiger partial charge is 0.330 e. The van der Waals surface area contributed by atoms with Crippen LogP contribution >= 0.6 is 0 Å². The van der Waals surface area contributed by atoms with Crippen LogP contribution in [0.25, 0.3) is 0 Å². The lowest BCUT2D eigenvalue weighted by Gasteiger charge is -2.34. The zero-order chi connectivity index (χ0) is 12.1. The van der Waals surface area contributed by atoms with Gasteiger partial charge in [0.2, 0.25) is 0 Å². The number of hydrogen-bond acceptors (Lipinski definition) is 2. The van der Waals surface area contributed by atoms with Crippen molar-refractivity contribution in [2.24, 2.45) is 17.6 Å². The van der Waals surface area contributed by atoms with E-state index in [-0.39, 0.29) is 6.03 Å². The minimum Gasteiger partial charge on any atom is -0.330 e. The van der Waals surface area contributed by atoms with Gasteiger partial charge in [0, 0.05) is 26.7 Å². The van der Waals surface area contributed by atoms with E-state index in [4.69, 9.17) is 5.73 Å². The molecule has 0 aliphatic carbocycles. The molecule has 1 fully saturated rings. The van der Waals surface area contributed by atoms with Gasteiger partial charge >= 0.3 is 6.03 Å². The molecule has 1 atom stereocenters. The third kappa shape index (κ3) is 3.67. The average Bonchev–Trinajstić information content (AvgIpc) is 2.28. The summed E-state index contributed by atoms with van der Waals surface area (Å²) in [6.07, 6.45) is 2.26. The molecule has 0 bridgehead atoms. The first-order chi connectivity index (χ1) is 7.54. The highest BCUT2D eigenvalue weighted by molar-refractivity contribution is 5.74. The first-order valence-electron chi connectivity index (χ1n) is 6.24. The van der Waals surface area contributed by atoms with E-state index in [2.05, 4.69) is 13.8 Å². The number of urea groups is 1. The van der Waals surface area contributed by atoms with Crippen molar-refractivity contribution in [2.45, 2.75) is 26.7 Å². The van der Waals surface area contributed by atoms with E-state index in [1.54, 1.807) is 4.90 Å². The van der Waals surface area contributed by atoms with Crippen LogP contribution in [0.2, 0.25) is 0 Å². The number of nitrogens with two attached hydrogens (primary N) is 1. The molecule has 0 saturated carbocycles. The zero-order valence-corrected chi connectivity index (χ0v) is 10.8. The van der Waals surface area contributed by atoms with Gasteiger partial charge in [-0.05, 0) is 31.2 Å². The molecule has 1 aliphatic rings. The summed E-state index contributed by atoms with van der Waals surface area (Å²) in [6, 6.07) is 0.159. The predicted octanol–water partition coefficient (Wildman–Crippen LogP) is 1.36. The van der Waals surface area contributed by atoms with Gasteiger partial charge in [-0.15, -0.1) is 0 Å². The molecule has 0 aromatic carbocycles. The van der Waals surface area contributed by atoms with Gasteiger partial charge in [-0.1, -0.05) is 13.8 Å². The molecule has 1 aliphatic heterocycles. The number of carbonyl (C=O) groups is 1. The van der Waals surface area contributed by atoms with E-state index < -0.39 is 0 Å². The van der Waals surface area contributed by atoms with Gasteiger partial charge in [0.25, 0.3) is 0 Å². The molecule has 1 saturated heterocycles. The molecule has 0 radical (unpaired) electrons. The normalized spacial score (nSPS) is 19.6. The van der Waals surface area contributed by atoms with Gasteiger partial charge in [0.1, 0.15) is 0 Å². The highest BCUT2D eigenvalue weighted by atomic mass is 16.2. The topological polar surface area (TPSA) is 49.6 Å². The Hall–Kier alpha value is -0.770. The standard InChI is InChI=1S/C12H25N3O/c1-10-4-6-15(7-5-10)12(16)14(3)9-11(2)8-13/h10-11H,4-9,13H2,1-3H3. The van der Waals surface area contributed by atoms with Gasteiger partial charge in [0.05, 0.1) is 0 Å². The van der Waals surface area contributed by atoms with Crippen LogP contribution in [0.5, 0.6) is 0 Å². The van der Waals surface area contributed by atoms with Gasteiger partial charge in [-0.25, -0.2) is 4.79 Å². The van der Waals surface area contributed by atoms with Gasteiger partial charge in [-0.2, -0.15) is 0 Å². The third-order valence-electron chi connectivity index (χ3n) is 3.37. The minimum atomic E-state index is 0.159. The average molecular weight is 227 g/mol. The second-order valence-electron chi connectivity index (χ2n) is 5.17. The number of rotatable bonds is 3. The monoisotopic (exact) mass is 227 g/mol. The first-order valence-corrected chi connectivity index (χ1v) is 6.24. The van der Waals surface area contributed by atoms with E-state index in [0.29, 0.717) is 12.5 Å². The molecule has 94 valence electrons. The Bertz CT molecular complexity index is 224. The Labute approximate surface area is 98.8 Å². The minimum absolute atomic E-state index is 0.159. The molecule has 0 spiro atoms. The van der Waals surface area contributed by atoms with Crippen LogP contribution in [0.3, 0.4) is 0 Å². The summed E-state index contributed by atoms with van der Waals surface area (Å²) < 4.78 is 0. The van der Waals surface area contributed by atoms with Crippen molar-refractivity contribution in [3.8, 4) is 0 Å². The Balaban J connectivity index is 2.38. The molecular formula is C12H25N3O. The molecular weight excluding hydrogens is 202 g/mol. The second kappa shape index (κ2) is 6.09. The van der Waals surface area contributed by atoms with Crippen molar-refractivity contribution in [1.82, 2.24) is 9.80 Å². The van der Waals surface area contributed by atoms with E-state index in [1.807, 2.05) is 11.9 Å². The molecule has 1 unspecified atom stereocenters. The van der Waals surface area contributed by atoms with Gasteiger partial charge < -0.3 is 15.5 Å². The van der Waals surface area contributed by atoms with Crippen LogP contribution in [0.4, 0.5) is 4.79 Å². The van der Waals surface area contributed by atoms with Crippen molar-refractivity contribution in [3.63, 3.8) is 0 Å². The fraction of sp³-hybridized carbons (Fsp3) is 0.917. The summed E-state index contributed by atoms with van der Waals surface area (Å²) in [4.78, 5) is 15.8. The molecule has 2 amide bonds. The molecule has 1 rings (SSSR count). The molecule has 0 aromatic rings. The number of nitrogens with zero attached hydrogens (tertiary/aromatic N) is 2. The van der Waals surface area contributed by atoms with E-state index in [0.717, 1.165) is 38.4 Å². The molecule has 4 heteroatoms. The molecule has 16 heavy (non-hydrogen) atoms. The lowest BCUT2D eigenvalue weighted by Crippen LogP contribution is -2.46. The smallest absolute Gasteiger partial charge is 0.319 e. The van der Waals surface area contributed by atoms with Gasteiger partial charge in [-0.3, -0.25) is 0 Å². The van der Waals surface area contributed by atoms with Crippen LogP contribution in [-0.2, 0) is 0 Å². The van der Waals surface area contributed by atoms with E-state index >= 15 is 0 Å². The molecule has 0 aromatic heterocycles. The zero-order valence-electron chi connectivity index (χ0n) is 10.8. The third-order valence-corrected chi connectivity index (χ3v) is 3.37. The lowest BCUT2D eigenvalue weighted by atomic mass is 9.99. The Morgan fingerprint density at radius 1 is 1.50 bits per heavy atom. The fourth-order valence-electron chi connectivity index (χ4n) is 2.06. The van der Waals surface area contributed by atoms with Gasteiger partial charge in [0.15, 0.2) is 0 Å². The SMILES string of the molecule is CC1CCN(C(=O)N(C)CC(C)CN)CC1. The lowest BCUT2D eigenvalue weighted by molar-refractivity contribution is 0.139. The number of likely N-dealkylation sites (tertiary alicyclic amines) is 1. The van der Waals surface area contributed by atoms with Crippen LogP contribution < -0.4 is 5.73 Å². The maximum Gasteiger partial charge on any atom is 0.319 e. The van der Waals surface area contributed by atoms with Crippen molar-refractivity contribution < 1.29 is 4.79 Å². The van der Waals surface area contributed by atoms with Crippen LogP contribution in [0.15, 0.2) is 0 Å². The van der Waals surface area contributed by atoms with Crippen molar-refractivity contribution in [3.05, 3.63) is 0 Å². The number of piperidine rings is 1. The number of carbonyl (C=O) groups excluding carboxylic acids is 1. The van der Waals surface area contributed by atoms with Crippen molar-refractivity contribution in [2.75, 3.05) is 33.2 Å². The molecule has 2 N–H and O–H groups in total. The predicted molar refractivity (Wildman–Crippen MR) is 66.2 cm³/mol. The Morgan fingerprint density at radius 2 is 2.06 bits per heavy atom. The second-order valence-corrected chi connectivity index (χ2v) is 5.17. The van der Waals surface area contributed by atoms with Crippen LogP contribution in [0, 0.1) is 11.8 Å². The fourth-order valence-corrected chi connectivity index (χ4v) is 2.06. The van der Waals surface area contributed by atoms with Crippen LogP contribution in [0.1, 0.15) is 26.7 Å². The molecule has 4 nitrogen and oxygen atoms in total. The number of hydrogen-bond donors (Lipinski definition) is 1. The molecule has 1 heterocycles. The first kappa shape index (κ1) is 13.3. The summed E-state index contributed by atoms with van der Waals surface area (Å²) in [7, 11) is 1.87.